The molecular formula is C19H17N3O2S. The van der Waals surface area contributed by atoms with Gasteiger partial charge in [0, 0.05) is 11.6 Å². The summed E-state index contributed by atoms with van der Waals surface area (Å²) in [5, 5.41) is 3.81. The van der Waals surface area contributed by atoms with Crippen molar-refractivity contribution in [2.75, 3.05) is 11.1 Å². The van der Waals surface area contributed by atoms with E-state index in [2.05, 4.69) is 10.3 Å². The molecule has 5 nitrogen and oxygen atoms in total. The maximum absolute atomic E-state index is 12.2. The number of carbonyl (C=O) groups excluding carboxylic acids is 1. The smallest absolute Gasteiger partial charge is 0.189 e. The van der Waals surface area contributed by atoms with E-state index in [9.17, 15) is 4.79 Å². The third kappa shape index (κ3) is 3.64. The molecule has 6 heteroatoms. The molecule has 0 aliphatic heterocycles. The van der Waals surface area contributed by atoms with Crippen molar-refractivity contribution in [3.63, 3.8) is 0 Å². The number of rotatable bonds is 6. The fourth-order valence-corrected chi connectivity index (χ4v) is 3.37. The molecule has 25 heavy (non-hydrogen) atoms. The molecule has 0 saturated heterocycles. The first-order chi connectivity index (χ1) is 12.2. The lowest BCUT2D eigenvalue weighted by Crippen LogP contribution is -2.02. The Morgan fingerprint density at radius 3 is 2.44 bits per heavy atom. The Morgan fingerprint density at radius 2 is 1.76 bits per heavy atom. The third-order valence-electron chi connectivity index (χ3n) is 3.91. The molecule has 0 bridgehead atoms. The van der Waals surface area contributed by atoms with E-state index in [0.717, 1.165) is 30.0 Å². The normalized spacial score (nSPS) is 13.4. The molecule has 0 radical (unpaired) electrons. The molecular weight excluding hydrogens is 334 g/mol. The number of carbonyl (C=O) groups is 1. The van der Waals surface area contributed by atoms with E-state index < -0.39 is 0 Å². The summed E-state index contributed by atoms with van der Waals surface area (Å²) in [6.07, 6.45) is 1.92. The first-order valence-electron chi connectivity index (χ1n) is 8.09. The number of anilines is 3. The second-order valence-electron chi connectivity index (χ2n) is 5.94. The van der Waals surface area contributed by atoms with Crippen LogP contribution in [0, 0.1) is 5.92 Å². The van der Waals surface area contributed by atoms with Gasteiger partial charge in [0.25, 0.3) is 0 Å². The van der Waals surface area contributed by atoms with Crippen LogP contribution in [0.1, 0.15) is 22.5 Å². The Morgan fingerprint density at radius 1 is 1.08 bits per heavy atom. The number of nitrogen functional groups attached to an aromatic ring is 1. The number of hydrogen-bond acceptors (Lipinski definition) is 6. The van der Waals surface area contributed by atoms with E-state index in [1.54, 1.807) is 0 Å². The van der Waals surface area contributed by atoms with Gasteiger partial charge in [0.2, 0.25) is 0 Å². The van der Waals surface area contributed by atoms with Gasteiger partial charge in [-0.15, -0.1) is 0 Å². The second kappa shape index (κ2) is 6.57. The lowest BCUT2D eigenvalue weighted by molar-refractivity contribution is 0.0972. The lowest BCUT2D eigenvalue weighted by Gasteiger charge is -2.07. The van der Waals surface area contributed by atoms with Crippen molar-refractivity contribution in [3.8, 4) is 11.5 Å². The molecule has 0 atom stereocenters. The number of aromatic nitrogens is 1. The number of benzene rings is 2. The van der Waals surface area contributed by atoms with Gasteiger partial charge in [-0.2, -0.15) is 0 Å². The zero-order valence-corrected chi connectivity index (χ0v) is 14.3. The number of ketones is 1. The topological polar surface area (TPSA) is 77.2 Å². The third-order valence-corrected chi connectivity index (χ3v) is 4.91. The van der Waals surface area contributed by atoms with Gasteiger partial charge >= 0.3 is 0 Å². The van der Waals surface area contributed by atoms with Crippen molar-refractivity contribution in [3.05, 3.63) is 59.5 Å². The van der Waals surface area contributed by atoms with Crippen LogP contribution in [-0.4, -0.2) is 10.8 Å². The maximum Gasteiger partial charge on any atom is 0.189 e. The van der Waals surface area contributed by atoms with E-state index in [1.165, 1.54) is 11.3 Å². The summed E-state index contributed by atoms with van der Waals surface area (Å²) >= 11 is 1.31. The van der Waals surface area contributed by atoms with Crippen LogP contribution in [0.3, 0.4) is 0 Å². The highest BCUT2D eigenvalue weighted by molar-refractivity contribution is 7.18. The van der Waals surface area contributed by atoms with Crippen molar-refractivity contribution in [1.82, 2.24) is 4.98 Å². The molecule has 1 aliphatic rings. The summed E-state index contributed by atoms with van der Waals surface area (Å²) in [7, 11) is 0. The van der Waals surface area contributed by atoms with Crippen molar-refractivity contribution < 1.29 is 9.53 Å². The van der Waals surface area contributed by atoms with Crippen molar-refractivity contribution >= 4 is 33.8 Å². The van der Waals surface area contributed by atoms with Crippen LogP contribution in [0.4, 0.5) is 16.6 Å². The summed E-state index contributed by atoms with van der Waals surface area (Å²) in [4.78, 5) is 17.0. The predicted octanol–water partition coefficient (Wildman–Crippen LogP) is 4.85. The molecule has 0 unspecified atom stereocenters. The minimum atomic E-state index is 0.120. The molecule has 3 aromatic rings. The van der Waals surface area contributed by atoms with Gasteiger partial charge in [-0.05, 0) is 49.2 Å². The molecule has 126 valence electrons. The zero-order valence-electron chi connectivity index (χ0n) is 13.4. The highest BCUT2D eigenvalue weighted by Gasteiger charge is 2.33. The SMILES string of the molecule is Nc1nc(Nc2ccc(Oc3ccccc3)cc2)sc1C(=O)C1CC1. The van der Waals surface area contributed by atoms with E-state index in [1.807, 2.05) is 54.6 Å². The largest absolute Gasteiger partial charge is 0.457 e. The Balaban J connectivity index is 1.44. The van der Waals surface area contributed by atoms with Crippen LogP contribution < -0.4 is 15.8 Å². The molecule has 1 aromatic heterocycles. The van der Waals surface area contributed by atoms with Gasteiger partial charge in [0.05, 0.1) is 0 Å². The number of para-hydroxylation sites is 1. The first kappa shape index (κ1) is 15.7. The van der Waals surface area contributed by atoms with Gasteiger partial charge in [-0.1, -0.05) is 29.5 Å². The van der Waals surface area contributed by atoms with Gasteiger partial charge < -0.3 is 15.8 Å². The minimum absolute atomic E-state index is 0.120. The molecule has 1 saturated carbocycles. The van der Waals surface area contributed by atoms with Gasteiger partial charge in [-0.25, -0.2) is 4.98 Å². The average Bonchev–Trinajstić information content (AvgIpc) is 3.41. The molecule has 2 aromatic carbocycles. The quantitative estimate of drug-likeness (QED) is 0.621. The Hall–Kier alpha value is -2.86. The highest BCUT2D eigenvalue weighted by Crippen LogP contribution is 2.37. The van der Waals surface area contributed by atoms with Gasteiger partial charge in [-0.3, -0.25) is 4.79 Å². The summed E-state index contributed by atoms with van der Waals surface area (Å²) in [5.41, 5.74) is 6.75. The predicted molar refractivity (Wildman–Crippen MR) is 99.8 cm³/mol. The average molecular weight is 351 g/mol. The molecule has 0 amide bonds. The molecule has 1 aliphatic carbocycles. The molecule has 0 spiro atoms. The van der Waals surface area contributed by atoms with Gasteiger partial charge in [0.1, 0.15) is 22.2 Å². The number of ether oxygens (including phenoxy) is 1. The Kier molecular flexibility index (Phi) is 4.11. The number of Topliss-reactive ketones (excluding diaryl/α,β-unsaturated/α-hetero) is 1. The fraction of sp³-hybridized carbons (Fsp3) is 0.158. The maximum atomic E-state index is 12.2. The number of thiazole rings is 1. The van der Waals surface area contributed by atoms with E-state index in [-0.39, 0.29) is 11.7 Å². The van der Waals surface area contributed by atoms with Crippen LogP contribution in [0.25, 0.3) is 0 Å². The number of hydrogen-bond donors (Lipinski definition) is 2. The van der Waals surface area contributed by atoms with Crippen molar-refractivity contribution in [2.45, 2.75) is 12.8 Å². The van der Waals surface area contributed by atoms with Crippen molar-refractivity contribution in [2.24, 2.45) is 5.92 Å². The van der Waals surface area contributed by atoms with Crippen LogP contribution in [0.2, 0.25) is 0 Å². The molecule has 1 fully saturated rings. The summed E-state index contributed by atoms with van der Waals surface area (Å²) in [6.45, 7) is 0. The van der Waals surface area contributed by atoms with Gasteiger partial charge in [0.15, 0.2) is 10.9 Å². The standard InChI is InChI=1S/C19H17N3O2S/c20-18-17(16(23)12-6-7-12)25-19(22-18)21-13-8-10-15(11-9-13)24-14-4-2-1-3-5-14/h1-5,8-12H,6-7,20H2,(H,21,22). The number of nitrogens with one attached hydrogen (secondary N) is 1. The lowest BCUT2D eigenvalue weighted by atomic mass is 10.2. The second-order valence-corrected chi connectivity index (χ2v) is 6.94. The van der Waals surface area contributed by atoms with Crippen LogP contribution >= 0.6 is 11.3 Å². The Labute approximate surface area is 149 Å². The summed E-state index contributed by atoms with van der Waals surface area (Å²) < 4.78 is 5.77. The van der Waals surface area contributed by atoms with E-state index in [0.29, 0.717) is 15.8 Å². The van der Waals surface area contributed by atoms with Crippen molar-refractivity contribution in [1.29, 1.82) is 0 Å². The van der Waals surface area contributed by atoms with Crippen LogP contribution in [0.5, 0.6) is 11.5 Å². The number of nitrogens with zero attached hydrogens (tertiary/aromatic N) is 1. The Bertz CT molecular complexity index is 887. The first-order valence-corrected chi connectivity index (χ1v) is 8.91. The molecule has 4 rings (SSSR count). The van der Waals surface area contributed by atoms with E-state index in [4.69, 9.17) is 10.5 Å². The monoisotopic (exact) mass is 351 g/mol. The van der Waals surface area contributed by atoms with Crippen LogP contribution in [-0.2, 0) is 0 Å². The molecule has 3 N–H and O–H groups in total. The number of nitrogens with two attached hydrogens (primary N) is 1. The highest BCUT2D eigenvalue weighted by atomic mass is 32.1. The van der Waals surface area contributed by atoms with Crippen LogP contribution in [0.15, 0.2) is 54.6 Å². The zero-order chi connectivity index (χ0) is 17.2. The molecule has 1 heterocycles. The summed E-state index contributed by atoms with van der Waals surface area (Å²) in [5.74, 6) is 2.12. The summed E-state index contributed by atoms with van der Waals surface area (Å²) in [6, 6.07) is 17.2. The minimum Gasteiger partial charge on any atom is -0.457 e. The van der Waals surface area contributed by atoms with E-state index >= 15 is 0 Å². The fourth-order valence-electron chi connectivity index (χ4n) is 2.45.